The highest BCUT2D eigenvalue weighted by molar-refractivity contribution is 5.83. The van der Waals surface area contributed by atoms with Crippen molar-refractivity contribution in [3.8, 4) is 6.07 Å². The van der Waals surface area contributed by atoms with E-state index in [1.54, 1.807) is 12.4 Å². The number of nitriles is 1. The lowest BCUT2D eigenvalue weighted by molar-refractivity contribution is 1.09. The second-order valence-electron chi connectivity index (χ2n) is 9.65. The Morgan fingerprint density at radius 1 is 0.732 bits per heavy atom. The molecule has 0 amide bonds. The molecule has 0 bridgehead atoms. The summed E-state index contributed by atoms with van der Waals surface area (Å²) in [4.78, 5) is 7.96. The Balaban J connectivity index is 0.000000166. The second kappa shape index (κ2) is 12.9. The van der Waals surface area contributed by atoms with Crippen LogP contribution in [0.15, 0.2) is 133 Å². The molecule has 0 saturated heterocycles. The molecule has 0 aliphatic heterocycles. The molecular weight excluding hydrogens is 504 g/mol. The van der Waals surface area contributed by atoms with Crippen molar-refractivity contribution in [2.75, 3.05) is 16.8 Å². The fourth-order valence-corrected chi connectivity index (χ4v) is 4.54. The Hall–Kier alpha value is -5.67. The van der Waals surface area contributed by atoms with Crippen LogP contribution in [0, 0.1) is 11.3 Å². The molecule has 1 heterocycles. The number of benzene rings is 5. The topological polar surface area (TPSA) is 114 Å². The van der Waals surface area contributed by atoms with E-state index in [0.717, 1.165) is 16.8 Å². The van der Waals surface area contributed by atoms with Crippen LogP contribution in [0.3, 0.4) is 0 Å². The number of allylic oxidation sites excluding steroid dienone is 1. The SMILES string of the molecule is N#CC(=CNc1ccccc1)Cc1ccc2ccccc2c1.Nc1ncc(Cc2ccc3ccccc3c2)c(N)n1. The molecule has 0 spiro atoms. The number of nitrogens with zero attached hydrogens (tertiary/aromatic N) is 3. The van der Waals surface area contributed by atoms with E-state index in [9.17, 15) is 5.26 Å². The van der Waals surface area contributed by atoms with Gasteiger partial charge in [-0.05, 0) is 44.8 Å². The first-order valence-corrected chi connectivity index (χ1v) is 13.3. The minimum Gasteiger partial charge on any atom is -0.383 e. The number of nitrogens with one attached hydrogen (secondary N) is 1. The summed E-state index contributed by atoms with van der Waals surface area (Å²) in [5.41, 5.74) is 16.2. The van der Waals surface area contributed by atoms with E-state index < -0.39 is 0 Å². The van der Waals surface area contributed by atoms with E-state index in [4.69, 9.17) is 11.5 Å². The van der Waals surface area contributed by atoms with Crippen LogP contribution in [0.5, 0.6) is 0 Å². The first-order chi connectivity index (χ1) is 20.1. The van der Waals surface area contributed by atoms with Gasteiger partial charge < -0.3 is 16.8 Å². The largest absolute Gasteiger partial charge is 0.383 e. The average Bonchev–Trinajstić information content (AvgIpc) is 3.01. The zero-order chi connectivity index (χ0) is 28.4. The van der Waals surface area contributed by atoms with Crippen molar-refractivity contribution < 1.29 is 0 Å². The minimum absolute atomic E-state index is 0.208. The van der Waals surface area contributed by atoms with Crippen molar-refractivity contribution in [3.05, 3.63) is 150 Å². The maximum absolute atomic E-state index is 9.32. The van der Waals surface area contributed by atoms with Gasteiger partial charge in [0.05, 0.1) is 6.07 Å². The molecule has 0 radical (unpaired) electrons. The van der Waals surface area contributed by atoms with Gasteiger partial charge in [0, 0.05) is 42.1 Å². The number of anilines is 3. The van der Waals surface area contributed by atoms with Crippen molar-refractivity contribution in [1.29, 1.82) is 5.26 Å². The van der Waals surface area contributed by atoms with Crippen LogP contribution < -0.4 is 16.8 Å². The van der Waals surface area contributed by atoms with Crippen molar-refractivity contribution in [3.63, 3.8) is 0 Å². The summed E-state index contributed by atoms with van der Waals surface area (Å²) in [7, 11) is 0. The van der Waals surface area contributed by atoms with Crippen molar-refractivity contribution in [2.24, 2.45) is 0 Å². The lowest BCUT2D eigenvalue weighted by atomic mass is 10.0. The number of para-hydroxylation sites is 1. The lowest BCUT2D eigenvalue weighted by Gasteiger charge is -2.06. The number of nitrogen functional groups attached to an aromatic ring is 2. The average molecular weight is 535 g/mol. The predicted octanol–water partition coefficient (Wildman–Crippen LogP) is 7.29. The summed E-state index contributed by atoms with van der Waals surface area (Å²) in [6, 6.07) is 41.3. The summed E-state index contributed by atoms with van der Waals surface area (Å²) in [6.07, 6.45) is 4.80. The van der Waals surface area contributed by atoms with Crippen LogP contribution in [-0.2, 0) is 12.8 Å². The summed E-state index contributed by atoms with van der Waals surface area (Å²) in [5, 5.41) is 17.4. The molecule has 6 heteroatoms. The molecule has 6 rings (SSSR count). The highest BCUT2D eigenvalue weighted by Crippen LogP contribution is 2.20. The van der Waals surface area contributed by atoms with Crippen LogP contribution in [0.2, 0.25) is 0 Å². The van der Waals surface area contributed by atoms with E-state index in [0.29, 0.717) is 24.2 Å². The third-order valence-corrected chi connectivity index (χ3v) is 6.66. The van der Waals surface area contributed by atoms with Gasteiger partial charge in [0.1, 0.15) is 5.82 Å². The number of hydrogen-bond acceptors (Lipinski definition) is 6. The van der Waals surface area contributed by atoms with Gasteiger partial charge >= 0.3 is 0 Å². The first-order valence-electron chi connectivity index (χ1n) is 13.3. The first kappa shape index (κ1) is 26.9. The molecule has 1 aromatic heterocycles. The molecule has 5 N–H and O–H groups in total. The minimum atomic E-state index is 0.208. The highest BCUT2D eigenvalue weighted by atomic mass is 15.0. The van der Waals surface area contributed by atoms with E-state index in [-0.39, 0.29) is 5.95 Å². The van der Waals surface area contributed by atoms with Crippen molar-refractivity contribution >= 4 is 39.0 Å². The molecule has 41 heavy (non-hydrogen) atoms. The van der Waals surface area contributed by atoms with Gasteiger partial charge in [-0.1, -0.05) is 103 Å². The fraction of sp³-hybridized carbons (Fsp3) is 0.0571. The van der Waals surface area contributed by atoms with Crippen molar-refractivity contribution in [2.45, 2.75) is 12.8 Å². The standard InChI is InChI=1S/C20H16N2.C15H14N4/c21-14-17(15-22-20-8-2-1-3-9-20)12-16-10-11-18-6-4-5-7-19(18)13-16;16-14-13(9-18-15(17)19-14)8-10-5-6-11-3-1-2-4-12(11)7-10/h1-11,13,15,22H,12H2;1-7,9H,8H2,(H4,16,17,18,19). The lowest BCUT2D eigenvalue weighted by Crippen LogP contribution is -2.03. The Morgan fingerprint density at radius 2 is 1.32 bits per heavy atom. The Kier molecular flexibility index (Phi) is 8.48. The zero-order valence-corrected chi connectivity index (χ0v) is 22.5. The summed E-state index contributed by atoms with van der Waals surface area (Å²) >= 11 is 0. The molecule has 0 saturated carbocycles. The summed E-state index contributed by atoms with van der Waals surface area (Å²) in [5.74, 6) is 0.653. The van der Waals surface area contributed by atoms with Crippen LogP contribution >= 0.6 is 0 Å². The molecular formula is C35H30N6. The molecule has 6 aromatic rings. The summed E-state index contributed by atoms with van der Waals surface area (Å²) < 4.78 is 0. The Morgan fingerprint density at radius 3 is 1.95 bits per heavy atom. The van der Waals surface area contributed by atoms with E-state index in [1.807, 2.05) is 54.6 Å². The molecule has 0 fully saturated rings. The fourth-order valence-electron chi connectivity index (χ4n) is 4.54. The third-order valence-electron chi connectivity index (χ3n) is 6.66. The predicted molar refractivity (Wildman–Crippen MR) is 169 cm³/mol. The number of rotatable bonds is 6. The molecule has 6 nitrogen and oxygen atoms in total. The van der Waals surface area contributed by atoms with E-state index in [2.05, 4.69) is 82.0 Å². The normalized spacial score (nSPS) is 11.0. The molecule has 5 aromatic carbocycles. The molecule has 200 valence electrons. The monoisotopic (exact) mass is 534 g/mol. The Labute approximate surface area is 239 Å². The number of nitrogens with two attached hydrogens (primary N) is 2. The van der Waals surface area contributed by atoms with Gasteiger partial charge in [-0.2, -0.15) is 10.2 Å². The quantitative estimate of drug-likeness (QED) is 0.193. The van der Waals surface area contributed by atoms with Crippen LogP contribution in [-0.4, -0.2) is 9.97 Å². The maximum atomic E-state index is 9.32. The van der Waals surface area contributed by atoms with Gasteiger partial charge in [-0.3, -0.25) is 0 Å². The smallest absolute Gasteiger partial charge is 0.221 e. The van der Waals surface area contributed by atoms with Gasteiger partial charge in [0.15, 0.2) is 0 Å². The zero-order valence-electron chi connectivity index (χ0n) is 22.5. The molecule has 0 unspecified atom stereocenters. The van der Waals surface area contributed by atoms with Crippen molar-refractivity contribution in [1.82, 2.24) is 9.97 Å². The molecule has 0 aliphatic carbocycles. The summed E-state index contributed by atoms with van der Waals surface area (Å²) in [6.45, 7) is 0. The highest BCUT2D eigenvalue weighted by Gasteiger charge is 2.05. The number of aromatic nitrogens is 2. The third kappa shape index (κ3) is 7.25. The number of hydrogen-bond donors (Lipinski definition) is 3. The van der Waals surface area contributed by atoms with E-state index in [1.165, 1.54) is 27.1 Å². The number of fused-ring (bicyclic) bond motifs is 2. The van der Waals surface area contributed by atoms with Crippen LogP contribution in [0.1, 0.15) is 16.7 Å². The van der Waals surface area contributed by atoms with Gasteiger partial charge in [-0.25, -0.2) is 4.98 Å². The molecule has 0 aliphatic rings. The van der Waals surface area contributed by atoms with Gasteiger partial charge in [0.2, 0.25) is 5.95 Å². The maximum Gasteiger partial charge on any atom is 0.221 e. The van der Waals surface area contributed by atoms with Crippen LogP contribution in [0.4, 0.5) is 17.5 Å². The Bertz CT molecular complexity index is 1850. The van der Waals surface area contributed by atoms with E-state index >= 15 is 0 Å². The molecule has 0 atom stereocenters. The van der Waals surface area contributed by atoms with Crippen LogP contribution in [0.25, 0.3) is 21.5 Å². The van der Waals surface area contributed by atoms with Gasteiger partial charge in [-0.15, -0.1) is 0 Å². The second-order valence-corrected chi connectivity index (χ2v) is 9.65. The van der Waals surface area contributed by atoms with Gasteiger partial charge in [0.25, 0.3) is 0 Å².